The van der Waals surface area contributed by atoms with Crippen LogP contribution in [-0.2, 0) is 4.74 Å². The van der Waals surface area contributed by atoms with Gasteiger partial charge in [0.1, 0.15) is 0 Å². The van der Waals surface area contributed by atoms with Crippen LogP contribution in [0.25, 0.3) is 0 Å². The number of ether oxygens (including phenoxy) is 1. The van der Waals surface area contributed by atoms with Crippen molar-refractivity contribution in [2.75, 3.05) is 85.2 Å². The molecule has 2 aliphatic rings. The van der Waals surface area contributed by atoms with Crippen molar-refractivity contribution in [2.45, 2.75) is 13.3 Å². The maximum atomic E-state index is 5.93. The van der Waals surface area contributed by atoms with E-state index in [4.69, 9.17) is 10.5 Å². The van der Waals surface area contributed by atoms with Gasteiger partial charge in [-0.1, -0.05) is 6.92 Å². The van der Waals surface area contributed by atoms with Gasteiger partial charge in [-0.05, 0) is 13.0 Å². The fourth-order valence-corrected chi connectivity index (χ4v) is 3.05. The van der Waals surface area contributed by atoms with Crippen LogP contribution in [0.1, 0.15) is 13.3 Å². The van der Waals surface area contributed by atoms with Gasteiger partial charge in [0.25, 0.3) is 0 Å². The third-order valence-corrected chi connectivity index (χ3v) is 4.66. The molecule has 0 saturated carbocycles. The molecule has 0 bridgehead atoms. The third-order valence-electron chi connectivity index (χ3n) is 4.66. The summed E-state index contributed by atoms with van der Waals surface area (Å²) >= 11 is 0. The van der Waals surface area contributed by atoms with E-state index in [1.54, 1.807) is 0 Å². The van der Waals surface area contributed by atoms with E-state index in [0.717, 1.165) is 78.5 Å². The molecule has 0 aromatic rings. The van der Waals surface area contributed by atoms with Crippen molar-refractivity contribution in [1.29, 1.82) is 0 Å². The van der Waals surface area contributed by atoms with Gasteiger partial charge in [-0.3, -0.25) is 14.8 Å². The normalized spacial score (nSPS) is 22.4. The highest BCUT2D eigenvalue weighted by Gasteiger charge is 2.14. The molecule has 0 unspecified atom stereocenters. The summed E-state index contributed by atoms with van der Waals surface area (Å²) < 4.78 is 5.34. The topological polar surface area (TPSA) is 69.4 Å². The van der Waals surface area contributed by atoms with Crippen LogP contribution in [0.5, 0.6) is 0 Å². The number of rotatable bonds is 8. The van der Waals surface area contributed by atoms with Gasteiger partial charge in [-0.15, -0.1) is 0 Å². The number of likely N-dealkylation sites (N-methyl/N-ethyl adjacent to an activating group) is 1. The van der Waals surface area contributed by atoms with E-state index in [1.165, 1.54) is 13.1 Å². The molecule has 3 N–H and O–H groups in total. The summed E-state index contributed by atoms with van der Waals surface area (Å²) in [4.78, 5) is 11.8. The summed E-state index contributed by atoms with van der Waals surface area (Å²) in [6.45, 7) is 15.7. The highest BCUT2D eigenvalue weighted by atomic mass is 16.5. The van der Waals surface area contributed by atoms with E-state index in [2.05, 4.69) is 31.9 Å². The first-order chi connectivity index (χ1) is 11.3. The SMILES string of the molecule is CCN1CCN(CCNC(N)=NCCCN2CCOCC2)CC1. The summed E-state index contributed by atoms with van der Waals surface area (Å²) in [6, 6.07) is 0. The lowest BCUT2D eigenvalue weighted by Crippen LogP contribution is -2.48. The monoisotopic (exact) mass is 326 g/mol. The second-order valence-electron chi connectivity index (χ2n) is 6.28. The molecule has 0 aromatic heterocycles. The van der Waals surface area contributed by atoms with Crippen molar-refractivity contribution in [3.05, 3.63) is 0 Å². The van der Waals surface area contributed by atoms with Crippen LogP contribution in [0.4, 0.5) is 0 Å². The maximum absolute atomic E-state index is 5.93. The zero-order chi connectivity index (χ0) is 16.3. The number of guanidine groups is 1. The van der Waals surface area contributed by atoms with Crippen molar-refractivity contribution in [1.82, 2.24) is 20.0 Å². The largest absolute Gasteiger partial charge is 0.379 e. The fourth-order valence-electron chi connectivity index (χ4n) is 3.05. The Balaban J connectivity index is 1.48. The molecular formula is C16H34N6O. The predicted molar refractivity (Wildman–Crippen MR) is 94.9 cm³/mol. The molecule has 0 amide bonds. The van der Waals surface area contributed by atoms with Gasteiger partial charge in [0, 0.05) is 65.4 Å². The van der Waals surface area contributed by atoms with Gasteiger partial charge >= 0.3 is 0 Å². The summed E-state index contributed by atoms with van der Waals surface area (Å²) in [5, 5.41) is 3.23. The molecule has 2 rings (SSSR count). The van der Waals surface area contributed by atoms with Crippen molar-refractivity contribution in [3.8, 4) is 0 Å². The first kappa shape index (κ1) is 18.4. The van der Waals surface area contributed by atoms with Crippen molar-refractivity contribution < 1.29 is 4.74 Å². The van der Waals surface area contributed by atoms with Crippen LogP contribution in [0.3, 0.4) is 0 Å². The molecule has 0 radical (unpaired) electrons. The molecule has 23 heavy (non-hydrogen) atoms. The number of morpholine rings is 1. The number of hydrogen-bond donors (Lipinski definition) is 2. The lowest BCUT2D eigenvalue weighted by Gasteiger charge is -2.33. The number of aliphatic imine (C=N–C) groups is 1. The standard InChI is InChI=1S/C16H34N6O/c1-2-20-8-10-22(11-9-20)7-5-19-16(17)18-4-3-6-21-12-14-23-15-13-21/h2-15H2,1H3,(H3,17,18,19). The Morgan fingerprint density at radius 2 is 1.65 bits per heavy atom. The fraction of sp³-hybridized carbons (Fsp3) is 0.938. The van der Waals surface area contributed by atoms with Gasteiger partial charge in [0.05, 0.1) is 13.2 Å². The van der Waals surface area contributed by atoms with Crippen LogP contribution >= 0.6 is 0 Å². The molecule has 2 saturated heterocycles. The summed E-state index contributed by atoms with van der Waals surface area (Å²) in [6.07, 6.45) is 1.06. The number of hydrogen-bond acceptors (Lipinski definition) is 5. The lowest BCUT2D eigenvalue weighted by atomic mass is 10.3. The molecule has 2 aliphatic heterocycles. The Morgan fingerprint density at radius 1 is 1.00 bits per heavy atom. The van der Waals surface area contributed by atoms with Crippen LogP contribution in [0, 0.1) is 0 Å². The van der Waals surface area contributed by atoms with Crippen molar-refractivity contribution in [3.63, 3.8) is 0 Å². The third kappa shape index (κ3) is 7.48. The van der Waals surface area contributed by atoms with E-state index >= 15 is 0 Å². The van der Waals surface area contributed by atoms with E-state index < -0.39 is 0 Å². The molecule has 2 fully saturated rings. The predicted octanol–water partition coefficient (Wildman–Crippen LogP) is -0.749. The Morgan fingerprint density at radius 3 is 2.35 bits per heavy atom. The van der Waals surface area contributed by atoms with Gasteiger partial charge < -0.3 is 20.7 Å². The van der Waals surface area contributed by atoms with E-state index in [-0.39, 0.29) is 0 Å². The minimum Gasteiger partial charge on any atom is -0.379 e. The Labute approximate surface area is 140 Å². The van der Waals surface area contributed by atoms with Crippen LogP contribution in [0.15, 0.2) is 4.99 Å². The van der Waals surface area contributed by atoms with Gasteiger partial charge in [-0.25, -0.2) is 0 Å². The molecule has 2 heterocycles. The van der Waals surface area contributed by atoms with E-state index in [0.29, 0.717) is 5.96 Å². The first-order valence-corrected chi connectivity index (χ1v) is 9.06. The average molecular weight is 326 g/mol. The number of nitrogens with two attached hydrogens (primary N) is 1. The molecule has 134 valence electrons. The summed E-state index contributed by atoms with van der Waals surface area (Å²) in [5.74, 6) is 0.583. The molecular weight excluding hydrogens is 292 g/mol. The molecule has 0 spiro atoms. The minimum absolute atomic E-state index is 0.583. The first-order valence-electron chi connectivity index (χ1n) is 9.06. The van der Waals surface area contributed by atoms with Gasteiger partial charge in [0.15, 0.2) is 5.96 Å². The lowest BCUT2D eigenvalue weighted by molar-refractivity contribution is 0.0377. The number of piperazine rings is 1. The minimum atomic E-state index is 0.583. The smallest absolute Gasteiger partial charge is 0.188 e. The molecule has 7 nitrogen and oxygen atoms in total. The van der Waals surface area contributed by atoms with Crippen LogP contribution < -0.4 is 11.1 Å². The number of nitrogens with one attached hydrogen (secondary N) is 1. The molecule has 0 aliphatic carbocycles. The number of nitrogens with zero attached hydrogens (tertiary/aromatic N) is 4. The molecule has 0 atom stereocenters. The Bertz CT molecular complexity index is 337. The maximum Gasteiger partial charge on any atom is 0.188 e. The van der Waals surface area contributed by atoms with Gasteiger partial charge in [-0.2, -0.15) is 0 Å². The molecule has 7 heteroatoms. The zero-order valence-electron chi connectivity index (χ0n) is 14.7. The highest BCUT2D eigenvalue weighted by Crippen LogP contribution is 2.00. The van der Waals surface area contributed by atoms with Crippen LogP contribution in [-0.4, -0.2) is 106 Å². The summed E-state index contributed by atoms with van der Waals surface area (Å²) in [7, 11) is 0. The summed E-state index contributed by atoms with van der Waals surface area (Å²) in [5.41, 5.74) is 5.93. The average Bonchev–Trinajstić information content (AvgIpc) is 2.60. The van der Waals surface area contributed by atoms with Crippen LogP contribution in [0.2, 0.25) is 0 Å². The Kier molecular flexibility index (Phi) is 8.67. The van der Waals surface area contributed by atoms with Crippen molar-refractivity contribution in [2.24, 2.45) is 10.7 Å². The van der Waals surface area contributed by atoms with E-state index in [9.17, 15) is 0 Å². The Hall–Kier alpha value is -0.890. The second kappa shape index (κ2) is 10.8. The zero-order valence-corrected chi connectivity index (χ0v) is 14.7. The highest BCUT2D eigenvalue weighted by molar-refractivity contribution is 5.77. The van der Waals surface area contributed by atoms with Gasteiger partial charge in [0.2, 0.25) is 0 Å². The molecule has 0 aromatic carbocycles. The van der Waals surface area contributed by atoms with Crippen molar-refractivity contribution >= 4 is 5.96 Å². The van der Waals surface area contributed by atoms with E-state index in [1.807, 2.05) is 0 Å². The quantitative estimate of drug-likeness (QED) is 0.348. The second-order valence-corrected chi connectivity index (χ2v) is 6.28.